The van der Waals surface area contributed by atoms with Crippen LogP contribution >= 0.6 is 0 Å². The van der Waals surface area contributed by atoms with Gasteiger partial charge in [-0.05, 0) is 18.1 Å². The largest absolute Gasteiger partial charge is 0.285 e. The summed E-state index contributed by atoms with van der Waals surface area (Å²) in [6.07, 6.45) is 3.91. The zero-order chi connectivity index (χ0) is 13.4. The van der Waals surface area contributed by atoms with Crippen LogP contribution in [0.4, 0.5) is 0 Å². The topological polar surface area (TPSA) is 46.6 Å². The molecule has 1 rings (SSSR count). The van der Waals surface area contributed by atoms with Crippen LogP contribution in [0.5, 0.6) is 0 Å². The highest BCUT2D eigenvalue weighted by Crippen LogP contribution is 2.08. The number of carbonyl (C=O) groups excluding carboxylic acids is 2. The third kappa shape index (κ3) is 3.82. The van der Waals surface area contributed by atoms with Crippen molar-refractivity contribution in [3.8, 4) is 0 Å². The lowest BCUT2D eigenvalue weighted by Crippen LogP contribution is -2.32. The molecular weight excluding hydrogens is 230 g/mol. The van der Waals surface area contributed by atoms with Crippen molar-refractivity contribution in [3.05, 3.63) is 41.5 Å². The monoisotopic (exact) mass is 246 g/mol. The van der Waals surface area contributed by atoms with Crippen LogP contribution in [0.3, 0.4) is 0 Å². The molecule has 0 aliphatic heterocycles. The van der Waals surface area contributed by atoms with Gasteiger partial charge in [-0.15, -0.1) is 0 Å². The lowest BCUT2D eigenvalue weighted by molar-refractivity contribution is -0.170. The fourth-order valence-electron chi connectivity index (χ4n) is 1.46. The molecule has 1 radical (unpaired) electrons. The van der Waals surface area contributed by atoms with Gasteiger partial charge >= 0.3 is 0 Å². The van der Waals surface area contributed by atoms with E-state index in [4.69, 9.17) is 4.84 Å². The molecule has 0 saturated carbocycles. The SMILES string of the molecule is CCCN(OC)C(=O)C([C]=O)=Cc1ccccc1. The van der Waals surface area contributed by atoms with E-state index < -0.39 is 5.91 Å². The van der Waals surface area contributed by atoms with E-state index in [9.17, 15) is 9.59 Å². The summed E-state index contributed by atoms with van der Waals surface area (Å²) in [5, 5.41) is 1.15. The molecule has 18 heavy (non-hydrogen) atoms. The summed E-state index contributed by atoms with van der Waals surface area (Å²) in [4.78, 5) is 27.8. The van der Waals surface area contributed by atoms with Crippen molar-refractivity contribution in [2.45, 2.75) is 13.3 Å². The second-order valence-corrected chi connectivity index (χ2v) is 3.66. The van der Waals surface area contributed by atoms with Crippen molar-refractivity contribution < 1.29 is 14.4 Å². The number of carbonyl (C=O) groups is 1. The van der Waals surface area contributed by atoms with Crippen LogP contribution in [-0.4, -0.2) is 30.9 Å². The van der Waals surface area contributed by atoms with Gasteiger partial charge in [0.25, 0.3) is 5.91 Å². The minimum Gasteiger partial charge on any atom is -0.285 e. The minimum absolute atomic E-state index is 0.0449. The molecule has 0 aliphatic carbocycles. The molecule has 0 aromatic heterocycles. The number of hydroxylamine groups is 2. The highest BCUT2D eigenvalue weighted by Gasteiger charge is 2.17. The fourth-order valence-corrected chi connectivity index (χ4v) is 1.46. The molecule has 0 unspecified atom stereocenters. The Bertz CT molecular complexity index is 426. The standard InChI is InChI=1S/C14H16NO3/c1-3-9-15(18-2)14(17)13(11-16)10-12-7-5-4-6-8-12/h4-8,10H,3,9H2,1-2H3. The van der Waals surface area contributed by atoms with Gasteiger partial charge in [0.1, 0.15) is 0 Å². The van der Waals surface area contributed by atoms with E-state index in [-0.39, 0.29) is 5.57 Å². The molecule has 1 amide bonds. The Labute approximate surface area is 107 Å². The van der Waals surface area contributed by atoms with Crippen molar-refractivity contribution in [2.24, 2.45) is 0 Å². The van der Waals surface area contributed by atoms with E-state index in [1.807, 2.05) is 37.3 Å². The number of rotatable bonds is 6. The normalized spacial score (nSPS) is 11.1. The van der Waals surface area contributed by atoms with Gasteiger partial charge in [-0.1, -0.05) is 37.3 Å². The lowest BCUT2D eigenvalue weighted by Gasteiger charge is -2.18. The molecule has 0 heterocycles. The summed E-state index contributed by atoms with van der Waals surface area (Å²) in [6, 6.07) is 9.14. The van der Waals surface area contributed by atoms with Crippen LogP contribution in [0.1, 0.15) is 18.9 Å². The first-order chi connectivity index (χ1) is 8.72. The molecule has 0 fully saturated rings. The maximum absolute atomic E-state index is 12.0. The average Bonchev–Trinajstić information content (AvgIpc) is 2.42. The maximum atomic E-state index is 12.0. The zero-order valence-corrected chi connectivity index (χ0v) is 10.6. The van der Waals surface area contributed by atoms with Crippen LogP contribution in [0.2, 0.25) is 0 Å². The van der Waals surface area contributed by atoms with Crippen molar-refractivity contribution in [1.82, 2.24) is 5.06 Å². The second-order valence-electron chi connectivity index (χ2n) is 3.66. The molecule has 0 saturated heterocycles. The summed E-state index contributed by atoms with van der Waals surface area (Å²) >= 11 is 0. The predicted octanol–water partition coefficient (Wildman–Crippen LogP) is 1.98. The second kappa shape index (κ2) is 7.40. The number of amides is 1. The first-order valence-electron chi connectivity index (χ1n) is 5.73. The quantitative estimate of drug-likeness (QED) is 0.334. The Morgan fingerprint density at radius 3 is 2.56 bits per heavy atom. The molecule has 1 aromatic rings. The van der Waals surface area contributed by atoms with Crippen LogP contribution in [0.25, 0.3) is 6.08 Å². The minimum atomic E-state index is -0.474. The molecule has 4 nitrogen and oxygen atoms in total. The molecule has 0 spiro atoms. The van der Waals surface area contributed by atoms with E-state index >= 15 is 0 Å². The van der Waals surface area contributed by atoms with E-state index in [2.05, 4.69) is 0 Å². The average molecular weight is 246 g/mol. The molecule has 0 aliphatic rings. The van der Waals surface area contributed by atoms with Crippen molar-refractivity contribution in [2.75, 3.05) is 13.7 Å². The summed E-state index contributed by atoms with van der Waals surface area (Å²) in [6.45, 7) is 2.35. The smallest absolute Gasteiger partial charge is 0.281 e. The summed E-state index contributed by atoms with van der Waals surface area (Å²) in [5.41, 5.74) is 0.730. The summed E-state index contributed by atoms with van der Waals surface area (Å²) < 4.78 is 0. The van der Waals surface area contributed by atoms with E-state index in [0.717, 1.165) is 17.0 Å². The Balaban J connectivity index is 2.92. The van der Waals surface area contributed by atoms with Crippen LogP contribution in [0.15, 0.2) is 35.9 Å². The molecule has 0 atom stereocenters. The molecule has 0 bridgehead atoms. The van der Waals surface area contributed by atoms with Gasteiger partial charge in [-0.25, -0.2) is 5.06 Å². The lowest BCUT2D eigenvalue weighted by atomic mass is 10.1. The summed E-state index contributed by atoms with van der Waals surface area (Å²) in [7, 11) is 1.40. The third-order valence-corrected chi connectivity index (χ3v) is 2.32. The van der Waals surface area contributed by atoms with E-state index in [1.165, 1.54) is 13.2 Å². The maximum Gasteiger partial charge on any atom is 0.281 e. The van der Waals surface area contributed by atoms with Crippen molar-refractivity contribution in [1.29, 1.82) is 0 Å². The first-order valence-corrected chi connectivity index (χ1v) is 5.73. The van der Waals surface area contributed by atoms with Gasteiger partial charge in [-0.2, -0.15) is 0 Å². The van der Waals surface area contributed by atoms with Crippen molar-refractivity contribution in [3.63, 3.8) is 0 Å². The van der Waals surface area contributed by atoms with Gasteiger partial charge in [0, 0.05) is 6.54 Å². The third-order valence-electron chi connectivity index (χ3n) is 2.32. The van der Waals surface area contributed by atoms with Gasteiger partial charge in [0.05, 0.1) is 12.7 Å². The van der Waals surface area contributed by atoms with Crippen LogP contribution in [0, 0.1) is 0 Å². The number of benzene rings is 1. The first kappa shape index (κ1) is 14.1. The number of hydrogen-bond acceptors (Lipinski definition) is 3. The Morgan fingerprint density at radius 2 is 2.06 bits per heavy atom. The van der Waals surface area contributed by atoms with Crippen molar-refractivity contribution >= 4 is 18.3 Å². The Morgan fingerprint density at radius 1 is 1.39 bits per heavy atom. The molecule has 95 valence electrons. The van der Waals surface area contributed by atoms with Crippen LogP contribution in [-0.2, 0) is 14.4 Å². The number of hydrogen-bond donors (Lipinski definition) is 0. The van der Waals surface area contributed by atoms with E-state index in [0.29, 0.717) is 6.54 Å². The molecule has 1 aromatic carbocycles. The molecular formula is C14H16NO3. The zero-order valence-electron chi connectivity index (χ0n) is 10.6. The highest BCUT2D eigenvalue weighted by atomic mass is 16.7. The van der Waals surface area contributed by atoms with Crippen LogP contribution < -0.4 is 0 Å². The molecule has 0 N–H and O–H groups in total. The van der Waals surface area contributed by atoms with Gasteiger partial charge in [0.2, 0.25) is 6.29 Å². The summed E-state index contributed by atoms with van der Waals surface area (Å²) in [5.74, 6) is -0.474. The predicted molar refractivity (Wildman–Crippen MR) is 69.1 cm³/mol. The highest BCUT2D eigenvalue weighted by molar-refractivity contribution is 6.14. The van der Waals surface area contributed by atoms with Gasteiger partial charge < -0.3 is 0 Å². The fraction of sp³-hybridized carbons (Fsp3) is 0.286. The Hall–Kier alpha value is -1.94. The number of nitrogens with zero attached hydrogens (tertiary/aromatic N) is 1. The Kier molecular flexibility index (Phi) is 5.80. The van der Waals surface area contributed by atoms with Gasteiger partial charge in [0.15, 0.2) is 0 Å². The van der Waals surface area contributed by atoms with Gasteiger partial charge in [-0.3, -0.25) is 14.4 Å². The van der Waals surface area contributed by atoms with E-state index in [1.54, 1.807) is 6.29 Å². The molecule has 4 heteroatoms.